The zero-order chi connectivity index (χ0) is 14.8. The normalized spacial score (nSPS) is 11.0. The van der Waals surface area contributed by atoms with Gasteiger partial charge in [-0.3, -0.25) is 4.79 Å². The molecule has 0 unspecified atom stereocenters. The Morgan fingerprint density at radius 1 is 1.29 bits per heavy atom. The van der Waals surface area contributed by atoms with E-state index in [0.29, 0.717) is 11.5 Å². The van der Waals surface area contributed by atoms with Gasteiger partial charge in [-0.25, -0.2) is 9.97 Å². The summed E-state index contributed by atoms with van der Waals surface area (Å²) < 4.78 is 1.88. The average Bonchev–Trinajstić information content (AvgIpc) is 2.95. The number of carbonyl (C=O) groups excluding carboxylic acids is 1. The van der Waals surface area contributed by atoms with Gasteiger partial charge in [0.25, 0.3) is 0 Å². The number of aromatic nitrogens is 3. The Morgan fingerprint density at radius 3 is 2.90 bits per heavy atom. The molecule has 0 saturated carbocycles. The second-order valence-corrected chi connectivity index (χ2v) is 5.11. The lowest BCUT2D eigenvalue weighted by Gasteiger charge is -2.07. The minimum absolute atomic E-state index is 0.123. The van der Waals surface area contributed by atoms with Crippen molar-refractivity contribution in [2.75, 3.05) is 0 Å². The number of carbonyl (C=O) groups is 1. The maximum atomic E-state index is 12.7. The first-order valence-corrected chi connectivity index (χ1v) is 7.13. The molecule has 0 radical (unpaired) electrons. The summed E-state index contributed by atoms with van der Waals surface area (Å²) in [5, 5.41) is 1.07. The predicted octanol–water partition coefficient (Wildman–Crippen LogP) is 3.38. The second-order valence-electron chi connectivity index (χ2n) is 5.11. The lowest BCUT2D eigenvalue weighted by atomic mass is 10.1. The summed E-state index contributed by atoms with van der Waals surface area (Å²) in [7, 11) is 0. The Labute approximate surface area is 123 Å². The number of para-hydroxylation sites is 1. The summed E-state index contributed by atoms with van der Waals surface area (Å²) in [5.74, 6) is 0.335. The maximum Gasteiger partial charge on any atom is 0.246 e. The van der Waals surface area contributed by atoms with Crippen molar-refractivity contribution in [3.8, 4) is 0 Å². The van der Waals surface area contributed by atoms with E-state index in [-0.39, 0.29) is 5.78 Å². The van der Waals surface area contributed by atoms with Crippen LogP contribution in [0.15, 0.2) is 42.7 Å². The molecular weight excluding hydrogens is 262 g/mol. The molecule has 0 atom stereocenters. The first-order chi connectivity index (χ1) is 10.2. The van der Waals surface area contributed by atoms with Crippen molar-refractivity contribution >= 4 is 16.7 Å². The van der Waals surface area contributed by atoms with E-state index in [1.807, 2.05) is 48.0 Å². The van der Waals surface area contributed by atoms with E-state index in [1.165, 1.54) is 0 Å². The summed E-state index contributed by atoms with van der Waals surface area (Å²) >= 11 is 0. The predicted molar refractivity (Wildman–Crippen MR) is 82.4 cm³/mol. The lowest BCUT2D eigenvalue weighted by Crippen LogP contribution is -2.13. The van der Waals surface area contributed by atoms with Crippen LogP contribution in [0.5, 0.6) is 0 Å². The van der Waals surface area contributed by atoms with Gasteiger partial charge in [0.1, 0.15) is 5.69 Å². The molecule has 2 heterocycles. The van der Waals surface area contributed by atoms with Crippen molar-refractivity contribution in [3.63, 3.8) is 0 Å². The van der Waals surface area contributed by atoms with Crippen molar-refractivity contribution in [2.45, 2.75) is 26.8 Å². The van der Waals surface area contributed by atoms with Crippen LogP contribution in [0, 0.1) is 6.92 Å². The Morgan fingerprint density at radius 2 is 2.10 bits per heavy atom. The zero-order valence-electron chi connectivity index (χ0n) is 12.2. The number of imidazole rings is 1. The largest absolute Gasteiger partial charge is 0.328 e. The molecule has 3 aromatic rings. The lowest BCUT2D eigenvalue weighted by molar-refractivity contribution is 0.102. The fourth-order valence-electron chi connectivity index (χ4n) is 2.52. The summed E-state index contributed by atoms with van der Waals surface area (Å²) in [6.45, 7) is 4.86. The van der Waals surface area contributed by atoms with Crippen molar-refractivity contribution in [2.24, 2.45) is 0 Å². The topological polar surface area (TPSA) is 47.8 Å². The number of benzene rings is 1. The van der Waals surface area contributed by atoms with Crippen LogP contribution in [-0.4, -0.2) is 20.3 Å². The van der Waals surface area contributed by atoms with Gasteiger partial charge in [0, 0.05) is 24.3 Å². The highest BCUT2D eigenvalue weighted by atomic mass is 16.1. The zero-order valence-corrected chi connectivity index (χ0v) is 12.2. The number of nitrogens with zero attached hydrogens (tertiary/aromatic N) is 3. The smallest absolute Gasteiger partial charge is 0.246 e. The van der Waals surface area contributed by atoms with Gasteiger partial charge in [0.05, 0.1) is 5.52 Å². The van der Waals surface area contributed by atoms with Crippen LogP contribution < -0.4 is 0 Å². The highest BCUT2D eigenvalue weighted by Crippen LogP contribution is 2.19. The Hall–Kier alpha value is -2.49. The molecule has 0 bridgehead atoms. The van der Waals surface area contributed by atoms with Gasteiger partial charge >= 0.3 is 0 Å². The van der Waals surface area contributed by atoms with E-state index in [1.54, 1.807) is 6.20 Å². The third-order valence-corrected chi connectivity index (χ3v) is 3.54. The van der Waals surface area contributed by atoms with E-state index in [0.717, 1.165) is 29.4 Å². The minimum atomic E-state index is -0.123. The molecule has 4 nitrogen and oxygen atoms in total. The van der Waals surface area contributed by atoms with E-state index in [9.17, 15) is 4.79 Å². The van der Waals surface area contributed by atoms with Crippen LogP contribution in [0.2, 0.25) is 0 Å². The Kier molecular flexibility index (Phi) is 3.52. The van der Waals surface area contributed by atoms with Gasteiger partial charge in [-0.2, -0.15) is 0 Å². The Balaban J connectivity index is 2.07. The molecule has 0 N–H and O–H groups in total. The first-order valence-electron chi connectivity index (χ1n) is 7.13. The number of ketones is 1. The van der Waals surface area contributed by atoms with Gasteiger partial charge < -0.3 is 4.57 Å². The van der Waals surface area contributed by atoms with Crippen LogP contribution in [0.25, 0.3) is 10.9 Å². The van der Waals surface area contributed by atoms with E-state index < -0.39 is 0 Å². The van der Waals surface area contributed by atoms with Gasteiger partial charge in [-0.15, -0.1) is 0 Å². The quantitative estimate of drug-likeness (QED) is 0.688. The van der Waals surface area contributed by atoms with Crippen molar-refractivity contribution in [1.29, 1.82) is 0 Å². The molecule has 4 heteroatoms. The molecule has 0 amide bonds. The molecule has 0 aliphatic heterocycles. The Bertz CT molecular complexity index is 805. The van der Waals surface area contributed by atoms with Crippen LogP contribution >= 0.6 is 0 Å². The van der Waals surface area contributed by atoms with Crippen molar-refractivity contribution in [1.82, 2.24) is 14.5 Å². The average molecular weight is 279 g/mol. The third-order valence-electron chi connectivity index (χ3n) is 3.54. The van der Waals surface area contributed by atoms with E-state index in [4.69, 9.17) is 0 Å². The number of hydrogen-bond donors (Lipinski definition) is 0. The van der Waals surface area contributed by atoms with Crippen molar-refractivity contribution < 1.29 is 4.79 Å². The molecule has 0 fully saturated rings. The monoisotopic (exact) mass is 279 g/mol. The number of fused-ring (bicyclic) bond motifs is 1. The highest BCUT2D eigenvalue weighted by Gasteiger charge is 2.17. The molecule has 0 aliphatic carbocycles. The molecule has 0 saturated heterocycles. The third kappa shape index (κ3) is 2.44. The van der Waals surface area contributed by atoms with Crippen LogP contribution in [-0.2, 0) is 6.54 Å². The van der Waals surface area contributed by atoms with Crippen LogP contribution in [0.3, 0.4) is 0 Å². The first kappa shape index (κ1) is 13.5. The van der Waals surface area contributed by atoms with Crippen LogP contribution in [0.1, 0.15) is 35.2 Å². The molecule has 0 aliphatic rings. The molecule has 2 aromatic heterocycles. The molecule has 21 heavy (non-hydrogen) atoms. The number of hydrogen-bond acceptors (Lipinski definition) is 3. The standard InChI is InChI=1S/C17H17N3O/c1-3-9-20-10-8-18-17(20)16(21)15-11-12(2)13-6-4-5-7-14(13)19-15/h4-8,10-11H,3,9H2,1-2H3. The van der Waals surface area contributed by atoms with Crippen molar-refractivity contribution in [3.05, 3.63) is 59.8 Å². The SMILES string of the molecule is CCCn1ccnc1C(=O)c1cc(C)c2ccccc2n1. The van der Waals surface area contributed by atoms with Gasteiger partial charge in [0.15, 0.2) is 5.82 Å². The fourth-order valence-corrected chi connectivity index (χ4v) is 2.52. The highest BCUT2D eigenvalue weighted by molar-refractivity contribution is 6.06. The molecule has 106 valence electrons. The van der Waals surface area contributed by atoms with E-state index in [2.05, 4.69) is 16.9 Å². The fraction of sp³-hybridized carbons (Fsp3) is 0.235. The molecular formula is C17H17N3O. The van der Waals surface area contributed by atoms with Gasteiger partial charge in [-0.05, 0) is 31.0 Å². The summed E-state index contributed by atoms with van der Waals surface area (Å²) in [6, 6.07) is 9.70. The number of aryl methyl sites for hydroxylation is 2. The van der Waals surface area contributed by atoms with E-state index >= 15 is 0 Å². The second kappa shape index (κ2) is 5.48. The summed E-state index contributed by atoms with van der Waals surface area (Å²) in [5.41, 5.74) is 2.35. The summed E-state index contributed by atoms with van der Waals surface area (Å²) in [6.07, 6.45) is 4.46. The number of pyridine rings is 1. The maximum absolute atomic E-state index is 12.7. The number of rotatable bonds is 4. The minimum Gasteiger partial charge on any atom is -0.328 e. The molecule has 0 spiro atoms. The van der Waals surface area contributed by atoms with Crippen LogP contribution in [0.4, 0.5) is 0 Å². The molecule has 1 aromatic carbocycles. The summed E-state index contributed by atoms with van der Waals surface area (Å²) in [4.78, 5) is 21.3. The van der Waals surface area contributed by atoms with Gasteiger partial charge in [-0.1, -0.05) is 25.1 Å². The molecule has 3 rings (SSSR count). The van der Waals surface area contributed by atoms with Gasteiger partial charge in [0.2, 0.25) is 5.78 Å².